The lowest BCUT2D eigenvalue weighted by Gasteiger charge is -2.34. The highest BCUT2D eigenvalue weighted by Crippen LogP contribution is 2.21. The Balaban J connectivity index is 1.44. The summed E-state index contributed by atoms with van der Waals surface area (Å²) in [6.07, 6.45) is 3.46. The number of nitrogens with one attached hydrogen (secondary N) is 1. The smallest absolute Gasteiger partial charge is 0.253 e. The SMILES string of the molecule is CN(C)C(=O)c1ccc(N2CCC(NCCc3cccs3)CC2)cc1. The van der Waals surface area contributed by atoms with Crippen molar-refractivity contribution < 1.29 is 4.79 Å². The molecule has 134 valence electrons. The maximum atomic E-state index is 12.0. The van der Waals surface area contributed by atoms with Crippen LogP contribution >= 0.6 is 11.3 Å². The Kier molecular flexibility index (Phi) is 6.10. The van der Waals surface area contributed by atoms with E-state index in [1.807, 2.05) is 23.5 Å². The van der Waals surface area contributed by atoms with E-state index in [1.165, 1.54) is 23.4 Å². The van der Waals surface area contributed by atoms with E-state index in [0.29, 0.717) is 6.04 Å². The van der Waals surface area contributed by atoms with Gasteiger partial charge >= 0.3 is 0 Å². The van der Waals surface area contributed by atoms with Gasteiger partial charge in [0, 0.05) is 55.9 Å². The molecular formula is C20H27N3OS. The molecule has 25 heavy (non-hydrogen) atoms. The second-order valence-corrected chi connectivity index (χ2v) is 7.82. The van der Waals surface area contributed by atoms with E-state index in [2.05, 4.69) is 39.9 Å². The summed E-state index contributed by atoms with van der Waals surface area (Å²) in [5.74, 6) is 0.0557. The van der Waals surface area contributed by atoms with Gasteiger partial charge in [-0.15, -0.1) is 11.3 Å². The summed E-state index contributed by atoms with van der Waals surface area (Å²) in [6, 6.07) is 13.0. The van der Waals surface area contributed by atoms with Crippen LogP contribution in [0.25, 0.3) is 0 Å². The molecule has 1 aliphatic rings. The van der Waals surface area contributed by atoms with Crippen molar-refractivity contribution in [1.29, 1.82) is 0 Å². The van der Waals surface area contributed by atoms with Crippen molar-refractivity contribution in [2.24, 2.45) is 0 Å². The average molecular weight is 358 g/mol. The van der Waals surface area contributed by atoms with Crippen molar-refractivity contribution in [3.8, 4) is 0 Å². The van der Waals surface area contributed by atoms with Gasteiger partial charge in [0.2, 0.25) is 0 Å². The number of amides is 1. The highest BCUT2D eigenvalue weighted by Gasteiger charge is 2.19. The van der Waals surface area contributed by atoms with Gasteiger partial charge in [-0.3, -0.25) is 4.79 Å². The van der Waals surface area contributed by atoms with Crippen LogP contribution in [0, 0.1) is 0 Å². The highest BCUT2D eigenvalue weighted by atomic mass is 32.1. The molecule has 1 N–H and O–H groups in total. The molecule has 2 aromatic rings. The molecule has 4 nitrogen and oxygen atoms in total. The first-order chi connectivity index (χ1) is 12.1. The van der Waals surface area contributed by atoms with Crippen LogP contribution in [-0.4, -0.2) is 50.6 Å². The van der Waals surface area contributed by atoms with Gasteiger partial charge in [-0.2, -0.15) is 0 Å². The standard InChI is InChI=1S/C20H27N3OS/c1-22(2)20(24)16-5-7-18(8-6-16)23-13-10-17(11-14-23)21-12-9-19-4-3-15-25-19/h3-8,15,17,21H,9-14H2,1-2H3. The average Bonchev–Trinajstić information content (AvgIpc) is 3.15. The lowest BCUT2D eigenvalue weighted by Crippen LogP contribution is -2.43. The van der Waals surface area contributed by atoms with Crippen LogP contribution in [0.2, 0.25) is 0 Å². The Bertz CT molecular complexity index is 659. The molecule has 1 aliphatic heterocycles. The first-order valence-electron chi connectivity index (χ1n) is 8.96. The predicted molar refractivity (Wildman–Crippen MR) is 106 cm³/mol. The topological polar surface area (TPSA) is 35.6 Å². The molecule has 1 saturated heterocycles. The Morgan fingerprint density at radius 2 is 1.92 bits per heavy atom. The maximum Gasteiger partial charge on any atom is 0.253 e. The summed E-state index contributed by atoms with van der Waals surface area (Å²) in [7, 11) is 3.57. The van der Waals surface area contributed by atoms with Crippen LogP contribution in [0.15, 0.2) is 41.8 Å². The number of rotatable bonds is 6. The van der Waals surface area contributed by atoms with Crippen LogP contribution in [0.1, 0.15) is 28.1 Å². The molecule has 5 heteroatoms. The Morgan fingerprint density at radius 1 is 1.20 bits per heavy atom. The minimum Gasteiger partial charge on any atom is -0.371 e. The van der Waals surface area contributed by atoms with E-state index >= 15 is 0 Å². The van der Waals surface area contributed by atoms with E-state index in [-0.39, 0.29) is 5.91 Å². The summed E-state index contributed by atoms with van der Waals surface area (Å²) in [5.41, 5.74) is 1.96. The summed E-state index contributed by atoms with van der Waals surface area (Å²) in [6.45, 7) is 3.20. The number of anilines is 1. The molecule has 3 rings (SSSR count). The fourth-order valence-corrected chi connectivity index (χ4v) is 3.98. The Labute approximate surface area is 154 Å². The molecule has 2 heterocycles. The second-order valence-electron chi connectivity index (χ2n) is 6.79. The normalized spacial score (nSPS) is 15.4. The predicted octanol–water partition coefficient (Wildman–Crippen LogP) is 3.25. The van der Waals surface area contributed by atoms with Crippen molar-refractivity contribution in [3.05, 3.63) is 52.2 Å². The van der Waals surface area contributed by atoms with Crippen LogP contribution in [-0.2, 0) is 6.42 Å². The molecule has 0 aliphatic carbocycles. The Morgan fingerprint density at radius 3 is 2.52 bits per heavy atom. The van der Waals surface area contributed by atoms with Crippen LogP contribution < -0.4 is 10.2 Å². The summed E-state index contributed by atoms with van der Waals surface area (Å²) < 4.78 is 0. The summed E-state index contributed by atoms with van der Waals surface area (Å²) >= 11 is 1.84. The van der Waals surface area contributed by atoms with Gasteiger partial charge in [0.15, 0.2) is 0 Å². The van der Waals surface area contributed by atoms with E-state index in [4.69, 9.17) is 0 Å². The maximum absolute atomic E-state index is 12.0. The fourth-order valence-electron chi connectivity index (χ4n) is 3.27. The van der Waals surface area contributed by atoms with Crippen molar-refractivity contribution in [2.75, 3.05) is 38.6 Å². The lowest BCUT2D eigenvalue weighted by molar-refractivity contribution is 0.0827. The lowest BCUT2D eigenvalue weighted by atomic mass is 10.0. The fraction of sp³-hybridized carbons (Fsp3) is 0.450. The van der Waals surface area contributed by atoms with Gasteiger partial charge in [-0.05, 0) is 55.0 Å². The zero-order valence-electron chi connectivity index (χ0n) is 15.1. The zero-order valence-corrected chi connectivity index (χ0v) is 15.9. The molecule has 1 aromatic carbocycles. The van der Waals surface area contributed by atoms with Gasteiger partial charge in [0.1, 0.15) is 0 Å². The zero-order chi connectivity index (χ0) is 17.6. The first kappa shape index (κ1) is 18.0. The minimum atomic E-state index is 0.0557. The van der Waals surface area contributed by atoms with Crippen molar-refractivity contribution in [1.82, 2.24) is 10.2 Å². The molecule has 1 aromatic heterocycles. The van der Waals surface area contributed by atoms with Gasteiger partial charge in [0.25, 0.3) is 5.91 Å². The number of carbonyl (C=O) groups is 1. The number of nitrogens with zero attached hydrogens (tertiary/aromatic N) is 2. The number of hydrogen-bond donors (Lipinski definition) is 1. The molecule has 0 atom stereocenters. The number of benzene rings is 1. The molecule has 0 unspecified atom stereocenters. The molecule has 0 spiro atoms. The van der Waals surface area contributed by atoms with Crippen LogP contribution in [0.5, 0.6) is 0 Å². The quantitative estimate of drug-likeness (QED) is 0.862. The molecule has 0 bridgehead atoms. The monoisotopic (exact) mass is 357 g/mol. The van der Waals surface area contributed by atoms with Gasteiger partial charge in [-0.1, -0.05) is 6.07 Å². The Hall–Kier alpha value is -1.85. The van der Waals surface area contributed by atoms with Crippen LogP contribution in [0.4, 0.5) is 5.69 Å². The van der Waals surface area contributed by atoms with E-state index < -0.39 is 0 Å². The summed E-state index contributed by atoms with van der Waals surface area (Å²) in [5, 5.41) is 5.84. The molecule has 1 fully saturated rings. The molecular weight excluding hydrogens is 330 g/mol. The minimum absolute atomic E-state index is 0.0557. The first-order valence-corrected chi connectivity index (χ1v) is 9.84. The van der Waals surface area contributed by atoms with Gasteiger partial charge in [0.05, 0.1) is 0 Å². The van der Waals surface area contributed by atoms with Crippen molar-refractivity contribution in [3.63, 3.8) is 0 Å². The van der Waals surface area contributed by atoms with E-state index in [0.717, 1.165) is 31.6 Å². The third-order valence-electron chi connectivity index (χ3n) is 4.77. The van der Waals surface area contributed by atoms with Gasteiger partial charge < -0.3 is 15.1 Å². The summed E-state index contributed by atoms with van der Waals surface area (Å²) in [4.78, 5) is 17.5. The number of carbonyl (C=O) groups excluding carboxylic acids is 1. The van der Waals surface area contributed by atoms with Crippen molar-refractivity contribution >= 4 is 22.9 Å². The second kappa shape index (κ2) is 8.50. The number of thiophene rings is 1. The molecule has 1 amide bonds. The van der Waals surface area contributed by atoms with Gasteiger partial charge in [-0.25, -0.2) is 0 Å². The third-order valence-corrected chi connectivity index (χ3v) is 5.70. The van der Waals surface area contributed by atoms with Crippen LogP contribution in [0.3, 0.4) is 0 Å². The highest BCUT2D eigenvalue weighted by molar-refractivity contribution is 7.09. The largest absolute Gasteiger partial charge is 0.371 e. The van der Waals surface area contributed by atoms with E-state index in [1.54, 1.807) is 19.0 Å². The molecule has 0 saturated carbocycles. The third kappa shape index (κ3) is 4.83. The van der Waals surface area contributed by atoms with E-state index in [9.17, 15) is 4.79 Å². The number of hydrogen-bond acceptors (Lipinski definition) is 4. The number of piperidine rings is 1. The van der Waals surface area contributed by atoms with Crippen molar-refractivity contribution in [2.45, 2.75) is 25.3 Å². The molecule has 0 radical (unpaired) electrons.